The molecule has 1 aliphatic rings. The van der Waals surface area contributed by atoms with E-state index in [0.29, 0.717) is 18.9 Å². The number of halogens is 1. The smallest absolute Gasteiger partial charge is 0.340 e. The van der Waals surface area contributed by atoms with Gasteiger partial charge in [-0.2, -0.15) is 4.31 Å². The topological polar surface area (TPSA) is 102 Å². The van der Waals surface area contributed by atoms with Crippen LogP contribution in [0.2, 0.25) is 5.02 Å². The van der Waals surface area contributed by atoms with Gasteiger partial charge in [-0.3, -0.25) is 4.79 Å². The highest BCUT2D eigenvalue weighted by atomic mass is 35.5. The van der Waals surface area contributed by atoms with E-state index in [1.807, 2.05) is 39.0 Å². The van der Waals surface area contributed by atoms with E-state index in [2.05, 4.69) is 5.32 Å². The number of anilines is 1. The average molecular weight is 495 g/mol. The molecule has 8 nitrogen and oxygen atoms in total. The van der Waals surface area contributed by atoms with Crippen LogP contribution in [-0.4, -0.2) is 57.5 Å². The summed E-state index contributed by atoms with van der Waals surface area (Å²) in [6.45, 7) is 6.43. The Balaban J connectivity index is 1.71. The van der Waals surface area contributed by atoms with E-state index in [-0.39, 0.29) is 34.5 Å². The second-order valence-electron chi connectivity index (χ2n) is 7.98. The molecule has 1 saturated heterocycles. The van der Waals surface area contributed by atoms with Crippen molar-refractivity contribution >= 4 is 39.2 Å². The Morgan fingerprint density at radius 2 is 1.88 bits per heavy atom. The molecule has 2 aromatic rings. The lowest BCUT2D eigenvalue weighted by atomic mass is 9.98. The van der Waals surface area contributed by atoms with Gasteiger partial charge in [-0.1, -0.05) is 43.6 Å². The van der Waals surface area contributed by atoms with E-state index in [4.69, 9.17) is 21.1 Å². The van der Waals surface area contributed by atoms with Crippen LogP contribution in [0.25, 0.3) is 0 Å². The van der Waals surface area contributed by atoms with E-state index < -0.39 is 28.5 Å². The third kappa shape index (κ3) is 5.92. The molecule has 0 spiro atoms. The van der Waals surface area contributed by atoms with Gasteiger partial charge in [-0.25, -0.2) is 13.2 Å². The van der Waals surface area contributed by atoms with Crippen molar-refractivity contribution in [3.8, 4) is 0 Å². The van der Waals surface area contributed by atoms with Crippen molar-refractivity contribution in [2.75, 3.05) is 38.2 Å². The first-order chi connectivity index (χ1) is 15.6. The number of morpholine rings is 1. The number of esters is 1. The molecule has 0 bridgehead atoms. The summed E-state index contributed by atoms with van der Waals surface area (Å²) in [4.78, 5) is 25.0. The Hall–Kier alpha value is -2.46. The fourth-order valence-corrected chi connectivity index (χ4v) is 5.11. The zero-order valence-corrected chi connectivity index (χ0v) is 20.3. The maximum Gasteiger partial charge on any atom is 0.340 e. The number of benzene rings is 2. The van der Waals surface area contributed by atoms with Crippen molar-refractivity contribution in [1.29, 1.82) is 0 Å². The largest absolute Gasteiger partial charge is 0.452 e. The highest BCUT2D eigenvalue weighted by molar-refractivity contribution is 7.89. The molecule has 0 radical (unpaired) electrons. The third-order valence-corrected chi connectivity index (χ3v) is 7.52. The van der Waals surface area contributed by atoms with Crippen LogP contribution in [0, 0.1) is 6.92 Å². The van der Waals surface area contributed by atoms with Crippen molar-refractivity contribution in [3.63, 3.8) is 0 Å². The molecule has 1 N–H and O–H groups in total. The van der Waals surface area contributed by atoms with Gasteiger partial charge in [0, 0.05) is 18.8 Å². The molecule has 0 atom stereocenters. The highest BCUT2D eigenvalue weighted by Crippen LogP contribution is 2.28. The van der Waals surface area contributed by atoms with Gasteiger partial charge < -0.3 is 14.8 Å². The summed E-state index contributed by atoms with van der Waals surface area (Å²) in [7, 11) is -3.82. The number of para-hydroxylation sites is 1. The van der Waals surface area contributed by atoms with Gasteiger partial charge >= 0.3 is 5.97 Å². The molecule has 1 heterocycles. The summed E-state index contributed by atoms with van der Waals surface area (Å²) in [6, 6.07) is 9.56. The molecule has 1 aliphatic heterocycles. The number of carbonyl (C=O) groups excluding carboxylic acids is 2. The fourth-order valence-electron chi connectivity index (χ4n) is 3.48. The number of carbonyl (C=O) groups is 2. The number of hydrogen-bond donors (Lipinski definition) is 1. The van der Waals surface area contributed by atoms with Gasteiger partial charge in [0.1, 0.15) is 0 Å². The standard InChI is InChI=1S/C23H27ClN2O6S/c1-15(2)18-6-4-5-16(3)22(18)25-21(27)14-32-23(28)19-13-17(7-8-20(19)24)33(29,30)26-9-11-31-12-10-26/h4-8,13,15H,9-12,14H2,1-3H3,(H,25,27). The molecule has 33 heavy (non-hydrogen) atoms. The van der Waals surface area contributed by atoms with Crippen molar-refractivity contribution in [2.24, 2.45) is 0 Å². The minimum atomic E-state index is -3.82. The third-order valence-electron chi connectivity index (χ3n) is 5.29. The molecule has 1 amide bonds. The van der Waals surface area contributed by atoms with Gasteiger partial charge in [-0.05, 0) is 42.2 Å². The summed E-state index contributed by atoms with van der Waals surface area (Å²) in [6.07, 6.45) is 0. The maximum absolute atomic E-state index is 12.9. The van der Waals surface area contributed by atoms with E-state index in [0.717, 1.165) is 11.1 Å². The van der Waals surface area contributed by atoms with Crippen LogP contribution in [0.5, 0.6) is 0 Å². The number of aryl methyl sites for hydroxylation is 1. The average Bonchev–Trinajstić information content (AvgIpc) is 2.79. The normalized spacial score (nSPS) is 14.8. The molecule has 2 aromatic carbocycles. The summed E-state index contributed by atoms with van der Waals surface area (Å²) >= 11 is 6.12. The van der Waals surface area contributed by atoms with Crippen LogP contribution in [0.1, 0.15) is 41.3 Å². The Bertz CT molecular complexity index is 1140. The lowest BCUT2D eigenvalue weighted by Gasteiger charge is -2.26. The number of amides is 1. The van der Waals surface area contributed by atoms with Gasteiger partial charge in [0.15, 0.2) is 6.61 Å². The summed E-state index contributed by atoms with van der Waals surface area (Å²) < 4.78 is 37.4. The van der Waals surface area contributed by atoms with Gasteiger partial charge in [-0.15, -0.1) is 0 Å². The first-order valence-corrected chi connectivity index (χ1v) is 12.4. The number of nitrogens with zero attached hydrogens (tertiary/aromatic N) is 1. The quantitative estimate of drug-likeness (QED) is 0.590. The monoisotopic (exact) mass is 494 g/mol. The number of ether oxygens (including phenoxy) is 2. The van der Waals surface area contributed by atoms with Crippen LogP contribution in [-0.2, 0) is 24.3 Å². The van der Waals surface area contributed by atoms with Crippen LogP contribution >= 0.6 is 11.6 Å². The number of hydrogen-bond acceptors (Lipinski definition) is 6. The summed E-state index contributed by atoms with van der Waals surface area (Å²) in [5, 5.41) is 2.83. The number of nitrogens with one attached hydrogen (secondary N) is 1. The second kappa shape index (κ2) is 10.6. The van der Waals surface area contributed by atoms with Crippen molar-refractivity contribution in [1.82, 2.24) is 4.31 Å². The van der Waals surface area contributed by atoms with Gasteiger partial charge in [0.2, 0.25) is 10.0 Å². The van der Waals surface area contributed by atoms with Crippen LogP contribution in [0.15, 0.2) is 41.3 Å². The minimum absolute atomic E-state index is 0.0299. The predicted octanol–water partition coefficient (Wildman–Crippen LogP) is 3.59. The molecule has 0 saturated carbocycles. The van der Waals surface area contributed by atoms with Crippen molar-refractivity contribution < 1.29 is 27.5 Å². The molecular formula is C23H27ClN2O6S. The Labute approximate surface area is 198 Å². The fraction of sp³-hybridized carbons (Fsp3) is 0.391. The zero-order chi connectivity index (χ0) is 24.2. The molecule has 178 valence electrons. The van der Waals surface area contributed by atoms with Crippen molar-refractivity contribution in [3.05, 3.63) is 58.1 Å². The minimum Gasteiger partial charge on any atom is -0.452 e. The maximum atomic E-state index is 12.9. The Morgan fingerprint density at radius 1 is 1.18 bits per heavy atom. The van der Waals surface area contributed by atoms with E-state index in [1.54, 1.807) is 0 Å². The molecule has 0 aliphatic carbocycles. The number of rotatable bonds is 7. The summed E-state index contributed by atoms with van der Waals surface area (Å²) in [5.74, 6) is -1.20. The highest BCUT2D eigenvalue weighted by Gasteiger charge is 2.28. The molecule has 0 aromatic heterocycles. The molecule has 10 heteroatoms. The molecule has 0 unspecified atom stereocenters. The first-order valence-electron chi connectivity index (χ1n) is 10.5. The molecular weight excluding hydrogens is 468 g/mol. The van der Waals surface area contributed by atoms with Crippen LogP contribution in [0.4, 0.5) is 5.69 Å². The molecule has 1 fully saturated rings. The van der Waals surface area contributed by atoms with Gasteiger partial charge in [0.05, 0.1) is 28.7 Å². The van der Waals surface area contributed by atoms with Crippen LogP contribution in [0.3, 0.4) is 0 Å². The van der Waals surface area contributed by atoms with E-state index in [9.17, 15) is 18.0 Å². The lowest BCUT2D eigenvalue weighted by Crippen LogP contribution is -2.40. The van der Waals surface area contributed by atoms with E-state index in [1.165, 1.54) is 22.5 Å². The second-order valence-corrected chi connectivity index (χ2v) is 10.3. The SMILES string of the molecule is Cc1cccc(C(C)C)c1NC(=O)COC(=O)c1cc(S(=O)(=O)N2CCOCC2)ccc1Cl. The zero-order valence-electron chi connectivity index (χ0n) is 18.8. The van der Waals surface area contributed by atoms with E-state index >= 15 is 0 Å². The molecule has 3 rings (SSSR count). The number of sulfonamides is 1. The van der Waals surface area contributed by atoms with Gasteiger partial charge in [0.25, 0.3) is 5.91 Å². The Morgan fingerprint density at radius 3 is 2.55 bits per heavy atom. The summed E-state index contributed by atoms with van der Waals surface area (Å²) in [5.41, 5.74) is 2.42. The Kier molecular flexibility index (Phi) is 8.12. The predicted molar refractivity (Wildman–Crippen MR) is 125 cm³/mol. The van der Waals surface area contributed by atoms with Crippen molar-refractivity contribution in [2.45, 2.75) is 31.6 Å². The lowest BCUT2D eigenvalue weighted by molar-refractivity contribution is -0.119. The van der Waals surface area contributed by atoms with Crippen LogP contribution < -0.4 is 5.32 Å². The first kappa shape index (κ1) is 25.2.